The van der Waals surface area contributed by atoms with Gasteiger partial charge in [-0.25, -0.2) is 0 Å². The maximum atomic E-state index is 11.4. The molecule has 5 heteroatoms. The number of carbonyl (C=O) groups excluding carboxylic acids is 1. The molecule has 1 atom stereocenters. The first kappa shape index (κ1) is 15.3. The highest BCUT2D eigenvalue weighted by Crippen LogP contribution is 2.31. The van der Waals surface area contributed by atoms with Crippen molar-refractivity contribution < 1.29 is 4.79 Å². The fraction of sp³-hybridized carbons (Fsp3) is 0.846. The average molecular weight is 271 g/mol. The van der Waals surface area contributed by atoms with Gasteiger partial charge in [0.25, 0.3) is 0 Å². The summed E-state index contributed by atoms with van der Waals surface area (Å²) in [4.78, 5) is 17.5. The number of nitrogens with zero attached hydrogens (tertiary/aromatic N) is 2. The van der Waals surface area contributed by atoms with E-state index < -0.39 is 0 Å². The molecule has 104 valence electrons. The van der Waals surface area contributed by atoms with Gasteiger partial charge in [-0.15, -0.1) is 0 Å². The lowest BCUT2D eigenvalue weighted by Gasteiger charge is -2.21. The Morgan fingerprint density at radius 3 is 2.72 bits per heavy atom. The lowest BCUT2D eigenvalue weighted by molar-refractivity contribution is -0.128. The summed E-state index contributed by atoms with van der Waals surface area (Å²) in [6.45, 7) is 8.34. The molecule has 0 aromatic carbocycles. The highest BCUT2D eigenvalue weighted by molar-refractivity contribution is 8.14. The topological polar surface area (TPSA) is 44.7 Å². The summed E-state index contributed by atoms with van der Waals surface area (Å²) < 4.78 is 0. The van der Waals surface area contributed by atoms with E-state index in [2.05, 4.69) is 31.1 Å². The molecule has 18 heavy (non-hydrogen) atoms. The lowest BCUT2D eigenvalue weighted by atomic mass is 9.90. The largest absolute Gasteiger partial charge is 0.364 e. The minimum absolute atomic E-state index is 0.150. The molecular formula is C13H25N3OS. The molecule has 0 bridgehead atoms. The molecule has 1 amide bonds. The van der Waals surface area contributed by atoms with Crippen LogP contribution in [0.1, 0.15) is 33.6 Å². The molecular weight excluding hydrogens is 246 g/mol. The monoisotopic (exact) mass is 271 g/mol. The minimum Gasteiger partial charge on any atom is -0.364 e. The van der Waals surface area contributed by atoms with E-state index >= 15 is 0 Å². The molecule has 1 aliphatic heterocycles. The van der Waals surface area contributed by atoms with E-state index in [1.807, 2.05) is 11.8 Å². The van der Waals surface area contributed by atoms with Crippen LogP contribution in [0.3, 0.4) is 0 Å². The van der Waals surface area contributed by atoms with E-state index in [1.54, 1.807) is 19.0 Å². The summed E-state index contributed by atoms with van der Waals surface area (Å²) in [5, 5.41) is 4.83. The number of aliphatic imine (C=N–C) groups is 1. The van der Waals surface area contributed by atoms with Gasteiger partial charge in [-0.05, 0) is 11.8 Å². The molecule has 0 saturated carbocycles. The Morgan fingerprint density at radius 2 is 2.17 bits per heavy atom. The Balaban J connectivity index is 2.21. The summed E-state index contributed by atoms with van der Waals surface area (Å²) in [5.41, 5.74) is 0.351. The number of nitrogens with one attached hydrogen (secondary N) is 1. The Morgan fingerprint density at radius 1 is 1.50 bits per heavy atom. The van der Waals surface area contributed by atoms with Crippen molar-refractivity contribution >= 4 is 22.8 Å². The van der Waals surface area contributed by atoms with Gasteiger partial charge in [0.05, 0.1) is 6.54 Å². The van der Waals surface area contributed by atoms with Crippen LogP contribution >= 0.6 is 11.8 Å². The molecule has 1 aliphatic rings. The fourth-order valence-corrected chi connectivity index (χ4v) is 3.19. The Kier molecular flexibility index (Phi) is 5.50. The summed E-state index contributed by atoms with van der Waals surface area (Å²) in [6, 6.07) is 0. The fourth-order valence-electron chi connectivity index (χ4n) is 1.80. The van der Waals surface area contributed by atoms with Gasteiger partial charge in [0.1, 0.15) is 0 Å². The molecule has 0 fully saturated rings. The quantitative estimate of drug-likeness (QED) is 0.850. The summed E-state index contributed by atoms with van der Waals surface area (Å²) in [5.74, 6) is 0.150. The Bertz CT molecular complexity index is 321. The van der Waals surface area contributed by atoms with Crippen LogP contribution in [0.4, 0.5) is 0 Å². The third kappa shape index (κ3) is 5.76. The molecule has 1 heterocycles. The second-order valence-electron chi connectivity index (χ2n) is 6.12. The first-order chi connectivity index (χ1) is 8.28. The van der Waals surface area contributed by atoms with Gasteiger partial charge >= 0.3 is 0 Å². The van der Waals surface area contributed by atoms with Crippen LogP contribution in [0.2, 0.25) is 0 Å². The van der Waals surface area contributed by atoms with Gasteiger partial charge in [0, 0.05) is 32.3 Å². The molecule has 0 spiro atoms. The van der Waals surface area contributed by atoms with Gasteiger partial charge in [-0.1, -0.05) is 32.5 Å². The first-order valence-corrected chi connectivity index (χ1v) is 7.31. The zero-order valence-corrected chi connectivity index (χ0v) is 12.9. The lowest BCUT2D eigenvalue weighted by Crippen LogP contribution is -2.28. The zero-order chi connectivity index (χ0) is 13.8. The van der Waals surface area contributed by atoms with Crippen LogP contribution in [0.15, 0.2) is 4.99 Å². The minimum atomic E-state index is 0.150. The van der Waals surface area contributed by atoms with Crippen LogP contribution in [0.5, 0.6) is 0 Å². The number of rotatable bonds is 4. The van der Waals surface area contributed by atoms with E-state index in [0.717, 1.165) is 11.7 Å². The van der Waals surface area contributed by atoms with Crippen molar-refractivity contribution in [3.8, 4) is 0 Å². The molecule has 0 aliphatic carbocycles. The van der Waals surface area contributed by atoms with Crippen molar-refractivity contribution in [1.29, 1.82) is 0 Å². The van der Waals surface area contributed by atoms with Gasteiger partial charge in [0.15, 0.2) is 5.17 Å². The first-order valence-electron chi connectivity index (χ1n) is 6.43. The Hall–Kier alpha value is -0.710. The van der Waals surface area contributed by atoms with Crippen LogP contribution in [-0.2, 0) is 4.79 Å². The van der Waals surface area contributed by atoms with Crippen LogP contribution < -0.4 is 5.32 Å². The van der Waals surface area contributed by atoms with Crippen molar-refractivity contribution in [3.05, 3.63) is 0 Å². The van der Waals surface area contributed by atoms with Crippen molar-refractivity contribution in [2.45, 2.75) is 38.9 Å². The maximum absolute atomic E-state index is 11.4. The number of amidine groups is 1. The molecule has 1 N–H and O–H groups in total. The third-order valence-corrected chi connectivity index (χ3v) is 3.82. The van der Waals surface area contributed by atoms with E-state index in [9.17, 15) is 4.79 Å². The second-order valence-corrected chi connectivity index (χ2v) is 7.40. The normalized spacial score (nSPS) is 19.6. The highest BCUT2D eigenvalue weighted by Gasteiger charge is 2.24. The number of amides is 1. The zero-order valence-electron chi connectivity index (χ0n) is 12.1. The predicted molar refractivity (Wildman–Crippen MR) is 79.1 cm³/mol. The van der Waals surface area contributed by atoms with Crippen molar-refractivity contribution in [1.82, 2.24) is 10.2 Å². The van der Waals surface area contributed by atoms with Crippen molar-refractivity contribution in [2.75, 3.05) is 27.2 Å². The Labute approximate surface area is 115 Å². The van der Waals surface area contributed by atoms with E-state index in [1.165, 1.54) is 6.42 Å². The second kappa shape index (κ2) is 6.45. The van der Waals surface area contributed by atoms with E-state index in [0.29, 0.717) is 23.6 Å². The third-order valence-electron chi connectivity index (χ3n) is 2.67. The van der Waals surface area contributed by atoms with Crippen LogP contribution in [-0.4, -0.2) is 48.4 Å². The van der Waals surface area contributed by atoms with Gasteiger partial charge in [-0.2, -0.15) is 0 Å². The van der Waals surface area contributed by atoms with E-state index in [4.69, 9.17) is 0 Å². The van der Waals surface area contributed by atoms with Crippen molar-refractivity contribution in [3.63, 3.8) is 0 Å². The summed E-state index contributed by atoms with van der Waals surface area (Å²) in [6.07, 6.45) is 1.69. The predicted octanol–water partition coefficient (Wildman–Crippen LogP) is 1.96. The van der Waals surface area contributed by atoms with Gasteiger partial charge in [-0.3, -0.25) is 9.79 Å². The SMILES string of the molecule is CN(C)C(=O)CCNC1=NCC(CC(C)(C)C)S1. The average Bonchev–Trinajstić information content (AvgIpc) is 2.62. The number of thioether (sulfide) groups is 1. The molecule has 4 nitrogen and oxygen atoms in total. The summed E-state index contributed by atoms with van der Waals surface area (Å²) in [7, 11) is 3.56. The summed E-state index contributed by atoms with van der Waals surface area (Å²) >= 11 is 1.81. The standard InChI is InChI=1S/C13H25N3OS/c1-13(2,3)8-10-9-15-12(18-10)14-7-6-11(17)16(4)5/h10H,6-9H2,1-5H3,(H,14,15). The van der Waals surface area contributed by atoms with E-state index in [-0.39, 0.29) is 5.91 Å². The number of hydrogen-bond donors (Lipinski definition) is 1. The molecule has 0 aromatic rings. The molecule has 0 radical (unpaired) electrons. The van der Waals surface area contributed by atoms with Crippen LogP contribution in [0, 0.1) is 5.41 Å². The molecule has 1 rings (SSSR count). The smallest absolute Gasteiger partial charge is 0.223 e. The molecule has 0 saturated heterocycles. The molecule has 1 unspecified atom stereocenters. The van der Waals surface area contributed by atoms with Crippen LogP contribution in [0.25, 0.3) is 0 Å². The van der Waals surface area contributed by atoms with Gasteiger partial charge < -0.3 is 10.2 Å². The highest BCUT2D eigenvalue weighted by atomic mass is 32.2. The van der Waals surface area contributed by atoms with Crippen molar-refractivity contribution in [2.24, 2.45) is 10.4 Å². The van der Waals surface area contributed by atoms with Gasteiger partial charge in [0.2, 0.25) is 5.91 Å². The molecule has 0 aromatic heterocycles. The number of carbonyl (C=O) groups is 1. The number of hydrogen-bond acceptors (Lipinski definition) is 4. The maximum Gasteiger partial charge on any atom is 0.223 e.